The normalized spacial score (nSPS) is 16.5. The van der Waals surface area contributed by atoms with Crippen LogP contribution in [0, 0.1) is 12.8 Å². The minimum absolute atomic E-state index is 0.0304. The molecule has 0 bridgehead atoms. The highest BCUT2D eigenvalue weighted by atomic mass is 32.2. The third kappa shape index (κ3) is 5.02. The molecule has 1 aliphatic rings. The Morgan fingerprint density at radius 1 is 1.21 bits per heavy atom. The molecule has 3 aromatic rings. The van der Waals surface area contributed by atoms with E-state index in [4.69, 9.17) is 9.15 Å². The third-order valence-corrected chi connectivity index (χ3v) is 8.08. The first-order chi connectivity index (χ1) is 16.1. The molecule has 1 saturated heterocycles. The van der Waals surface area contributed by atoms with Gasteiger partial charge in [0.2, 0.25) is 15.9 Å². The Kier molecular flexibility index (Phi) is 6.81. The van der Waals surface area contributed by atoms with E-state index in [2.05, 4.69) is 0 Å². The van der Waals surface area contributed by atoms with Crippen molar-refractivity contribution in [1.82, 2.24) is 13.8 Å². The van der Waals surface area contributed by atoms with Crippen molar-refractivity contribution in [3.63, 3.8) is 0 Å². The number of hydrogen-bond donors (Lipinski definition) is 0. The Morgan fingerprint density at radius 3 is 2.68 bits per heavy atom. The molecule has 182 valence electrons. The van der Waals surface area contributed by atoms with Crippen molar-refractivity contribution >= 4 is 27.0 Å². The molecule has 4 rings (SSSR count). The molecule has 9 nitrogen and oxygen atoms in total. The van der Waals surface area contributed by atoms with Crippen molar-refractivity contribution < 1.29 is 22.4 Å². The van der Waals surface area contributed by atoms with Crippen LogP contribution in [0.25, 0.3) is 11.1 Å². The number of aromatic nitrogens is 1. The van der Waals surface area contributed by atoms with Gasteiger partial charge in [0.15, 0.2) is 5.58 Å². The van der Waals surface area contributed by atoms with E-state index in [-0.39, 0.29) is 22.9 Å². The summed E-state index contributed by atoms with van der Waals surface area (Å²) in [4.78, 5) is 26.2. The van der Waals surface area contributed by atoms with Crippen LogP contribution in [0.3, 0.4) is 0 Å². The zero-order chi connectivity index (χ0) is 24.5. The molecule has 0 saturated carbocycles. The number of carbonyl (C=O) groups excluding carboxylic acids is 1. The van der Waals surface area contributed by atoms with Crippen LogP contribution < -0.4 is 10.5 Å². The van der Waals surface area contributed by atoms with Crippen LogP contribution >= 0.6 is 0 Å². The largest absolute Gasteiger partial charge is 0.494 e. The van der Waals surface area contributed by atoms with Crippen LogP contribution in [0.4, 0.5) is 0 Å². The van der Waals surface area contributed by atoms with Crippen LogP contribution in [0.2, 0.25) is 0 Å². The lowest BCUT2D eigenvalue weighted by Crippen LogP contribution is -2.40. The highest BCUT2D eigenvalue weighted by Gasteiger charge is 2.30. The molecule has 1 atom stereocenters. The second-order valence-corrected chi connectivity index (χ2v) is 10.8. The average Bonchev–Trinajstić information content (AvgIpc) is 3.39. The molecule has 1 aromatic heterocycles. The van der Waals surface area contributed by atoms with Crippen LogP contribution in [0.5, 0.6) is 5.75 Å². The van der Waals surface area contributed by atoms with Crippen molar-refractivity contribution in [1.29, 1.82) is 0 Å². The smallest absolute Gasteiger partial charge is 0.419 e. The van der Waals surface area contributed by atoms with Gasteiger partial charge in [0.25, 0.3) is 0 Å². The molecule has 1 unspecified atom stereocenters. The number of likely N-dealkylation sites (N-methyl/N-ethyl adjacent to an activating group) is 1. The fourth-order valence-electron chi connectivity index (χ4n) is 4.10. The van der Waals surface area contributed by atoms with Gasteiger partial charge < -0.3 is 14.1 Å². The van der Waals surface area contributed by atoms with Gasteiger partial charge in [-0.15, -0.1) is 0 Å². The molecule has 0 N–H and O–H groups in total. The first-order valence-corrected chi connectivity index (χ1v) is 12.6. The van der Waals surface area contributed by atoms with Gasteiger partial charge in [-0.05, 0) is 49.9 Å². The fourth-order valence-corrected chi connectivity index (χ4v) is 5.24. The average molecular weight is 488 g/mol. The van der Waals surface area contributed by atoms with Crippen LogP contribution in [-0.4, -0.2) is 61.4 Å². The third-order valence-electron chi connectivity index (χ3n) is 6.28. The van der Waals surface area contributed by atoms with Gasteiger partial charge in [0.05, 0.1) is 23.6 Å². The minimum Gasteiger partial charge on any atom is -0.494 e. The number of amides is 1. The zero-order valence-electron chi connectivity index (χ0n) is 19.6. The Morgan fingerprint density at radius 2 is 1.94 bits per heavy atom. The van der Waals surface area contributed by atoms with Gasteiger partial charge in [0, 0.05) is 33.3 Å². The summed E-state index contributed by atoms with van der Waals surface area (Å²) in [5, 5.41) is 0. The van der Waals surface area contributed by atoms with E-state index in [0.717, 1.165) is 22.9 Å². The summed E-state index contributed by atoms with van der Waals surface area (Å²) in [7, 11) is -1.00. The highest BCUT2D eigenvalue weighted by Crippen LogP contribution is 2.23. The Hall–Kier alpha value is -3.11. The van der Waals surface area contributed by atoms with Crippen molar-refractivity contribution in [2.75, 3.05) is 33.3 Å². The predicted octanol–water partition coefficient (Wildman–Crippen LogP) is 2.38. The van der Waals surface area contributed by atoms with E-state index in [1.165, 1.54) is 35.4 Å². The predicted molar refractivity (Wildman–Crippen MR) is 127 cm³/mol. The van der Waals surface area contributed by atoms with Crippen molar-refractivity contribution in [2.45, 2.75) is 24.7 Å². The molecule has 34 heavy (non-hydrogen) atoms. The highest BCUT2D eigenvalue weighted by molar-refractivity contribution is 7.89. The molecule has 10 heteroatoms. The molecule has 1 fully saturated rings. The summed E-state index contributed by atoms with van der Waals surface area (Å²) in [5.74, 6) is 0.345. The summed E-state index contributed by atoms with van der Waals surface area (Å²) < 4.78 is 39.2. The molecular weight excluding hydrogens is 458 g/mol. The summed E-state index contributed by atoms with van der Waals surface area (Å²) >= 11 is 0. The molecule has 2 aromatic carbocycles. The number of carbonyl (C=O) groups is 1. The number of ether oxygens (including phenoxy) is 1. The SMILES string of the molecule is Cc1ccc(OCCC2CCN(C(=O)CN(C)S(=O)(=O)c3ccc4c(c3)oc(=O)n4C)C2)cc1. The van der Waals surface area contributed by atoms with Crippen LogP contribution in [0.1, 0.15) is 18.4 Å². The lowest BCUT2D eigenvalue weighted by Gasteiger charge is -2.21. The number of aryl methyl sites for hydroxylation is 2. The number of sulfonamides is 1. The number of nitrogens with zero attached hydrogens (tertiary/aromatic N) is 3. The van der Waals surface area contributed by atoms with Crippen LogP contribution in [-0.2, 0) is 21.9 Å². The summed E-state index contributed by atoms with van der Waals surface area (Å²) in [6.07, 6.45) is 1.69. The minimum atomic E-state index is -3.93. The maximum atomic E-state index is 13.0. The van der Waals surface area contributed by atoms with E-state index in [1.54, 1.807) is 11.9 Å². The van der Waals surface area contributed by atoms with E-state index < -0.39 is 15.8 Å². The summed E-state index contributed by atoms with van der Waals surface area (Å²) in [6, 6.07) is 12.1. The molecule has 1 aliphatic heterocycles. The summed E-state index contributed by atoms with van der Waals surface area (Å²) in [5.41, 5.74) is 1.86. The van der Waals surface area contributed by atoms with Crippen LogP contribution in [0.15, 0.2) is 56.6 Å². The lowest BCUT2D eigenvalue weighted by atomic mass is 10.1. The maximum Gasteiger partial charge on any atom is 0.419 e. The zero-order valence-corrected chi connectivity index (χ0v) is 20.4. The number of rotatable bonds is 8. The van der Waals surface area contributed by atoms with Gasteiger partial charge in [-0.3, -0.25) is 9.36 Å². The monoisotopic (exact) mass is 487 g/mol. The Bertz CT molecular complexity index is 1340. The number of oxazole rings is 1. The van der Waals surface area contributed by atoms with E-state index in [9.17, 15) is 18.0 Å². The van der Waals surface area contributed by atoms with E-state index >= 15 is 0 Å². The van der Waals surface area contributed by atoms with Gasteiger partial charge in [-0.2, -0.15) is 4.31 Å². The molecule has 0 spiro atoms. The molecule has 2 heterocycles. The van der Waals surface area contributed by atoms with Crippen molar-refractivity contribution in [3.05, 3.63) is 58.6 Å². The second kappa shape index (κ2) is 9.63. The topological polar surface area (TPSA) is 102 Å². The number of fused-ring (bicyclic) bond motifs is 1. The number of likely N-dealkylation sites (tertiary alicyclic amines) is 1. The van der Waals surface area contributed by atoms with Crippen molar-refractivity contribution in [3.8, 4) is 5.75 Å². The Labute approximate surface area is 198 Å². The fraction of sp³-hybridized carbons (Fsp3) is 0.417. The Balaban J connectivity index is 1.31. The summed E-state index contributed by atoms with van der Waals surface area (Å²) in [6.45, 7) is 3.53. The quantitative estimate of drug-likeness (QED) is 0.484. The van der Waals surface area contributed by atoms with Gasteiger partial charge in [0.1, 0.15) is 5.75 Å². The van der Waals surface area contributed by atoms with E-state index in [1.807, 2.05) is 31.2 Å². The number of benzene rings is 2. The lowest BCUT2D eigenvalue weighted by molar-refractivity contribution is -0.130. The molecular formula is C24H29N3O6S. The van der Waals surface area contributed by atoms with Crippen molar-refractivity contribution in [2.24, 2.45) is 13.0 Å². The van der Waals surface area contributed by atoms with Gasteiger partial charge in [-0.25, -0.2) is 13.2 Å². The first kappa shape index (κ1) is 24.0. The maximum absolute atomic E-state index is 13.0. The standard InChI is InChI=1S/C24H29N3O6S/c1-17-4-6-19(7-5-17)32-13-11-18-10-12-27(15-18)23(28)16-25(2)34(30,31)20-8-9-21-22(14-20)33-24(29)26(21)3/h4-9,14,18H,10-13,15-16H2,1-3H3. The number of hydrogen-bond acceptors (Lipinski definition) is 6. The van der Waals surface area contributed by atoms with E-state index in [0.29, 0.717) is 31.1 Å². The molecule has 0 aliphatic carbocycles. The molecule has 0 radical (unpaired) electrons. The van der Waals surface area contributed by atoms with Gasteiger partial charge in [-0.1, -0.05) is 17.7 Å². The molecule has 1 amide bonds. The second-order valence-electron chi connectivity index (χ2n) is 8.76. The van der Waals surface area contributed by atoms with Gasteiger partial charge >= 0.3 is 5.76 Å². The first-order valence-electron chi connectivity index (χ1n) is 11.2.